The Labute approximate surface area is 193 Å². The molecule has 0 spiro atoms. The molecule has 0 saturated heterocycles. The molecule has 0 unspecified atom stereocenters. The summed E-state index contributed by atoms with van der Waals surface area (Å²) in [4.78, 5) is 23.8. The summed E-state index contributed by atoms with van der Waals surface area (Å²) in [7, 11) is -14.4. The fourth-order valence-corrected chi connectivity index (χ4v) is 3.50. The normalized spacial score (nSPS) is 13.9. The Kier molecular flexibility index (Phi) is 8.19. The highest BCUT2D eigenvalue weighted by molar-refractivity contribution is 7.89. The van der Waals surface area contributed by atoms with Crippen LogP contribution in [0.5, 0.6) is 5.75 Å². The summed E-state index contributed by atoms with van der Waals surface area (Å²) in [5.74, 6) is -11.4. The van der Waals surface area contributed by atoms with Gasteiger partial charge in [0, 0.05) is 5.56 Å². The zero-order valence-corrected chi connectivity index (χ0v) is 19.4. The van der Waals surface area contributed by atoms with Crippen LogP contribution in [0.1, 0.15) is 47.9 Å². The fraction of sp³-hybridized carbons (Fsp3) is 0.500. The van der Waals surface area contributed by atoms with Crippen LogP contribution in [0.4, 0.5) is 26.3 Å². The maximum atomic E-state index is 14.1. The first-order valence-corrected chi connectivity index (χ1v) is 11.6. The summed E-state index contributed by atoms with van der Waals surface area (Å²) in [6, 6.07) is 1.29. The number of nitrogens with two attached hydrogens (primary N) is 1. The number of halogens is 6. The van der Waals surface area contributed by atoms with Gasteiger partial charge in [0.1, 0.15) is 11.4 Å². The van der Waals surface area contributed by atoms with Gasteiger partial charge in [0.2, 0.25) is 5.91 Å². The number of carbonyl (C=O) groups is 2. The monoisotopic (exact) mass is 561 g/mol. The summed E-state index contributed by atoms with van der Waals surface area (Å²) in [6.07, 6.45) is 0.238. The number of ether oxygens (including phenoxy) is 1. The number of benzene rings is 1. The maximum Gasteiger partial charge on any atom is 0.450 e. The molecule has 0 bridgehead atoms. The van der Waals surface area contributed by atoms with Gasteiger partial charge in [0.15, 0.2) is 0 Å². The van der Waals surface area contributed by atoms with E-state index in [-0.39, 0.29) is 12.5 Å². The van der Waals surface area contributed by atoms with Crippen molar-refractivity contribution >= 4 is 32.1 Å². The largest absolute Gasteiger partial charge is 0.456 e. The minimum atomic E-state index is -7.28. The minimum absolute atomic E-state index is 0.238. The lowest BCUT2D eigenvalue weighted by Gasteiger charge is -2.30. The zero-order valence-electron chi connectivity index (χ0n) is 17.7. The van der Waals surface area contributed by atoms with E-state index in [9.17, 15) is 52.8 Å². The number of rotatable bonds is 11. The van der Waals surface area contributed by atoms with Crippen LogP contribution >= 0.6 is 0 Å². The van der Waals surface area contributed by atoms with Crippen molar-refractivity contribution in [3.05, 3.63) is 29.3 Å². The van der Waals surface area contributed by atoms with Crippen molar-refractivity contribution in [1.29, 1.82) is 0 Å². The number of carbonyl (C=O) groups excluding carboxylic acids is 2. The Hall–Kier alpha value is -2.64. The molecule has 1 aromatic rings. The highest BCUT2D eigenvalue weighted by Gasteiger charge is 2.83. The Balaban J connectivity index is 3.59. The smallest absolute Gasteiger partial charge is 0.450 e. The Morgan fingerprint density at radius 2 is 1.37 bits per heavy atom. The van der Waals surface area contributed by atoms with Crippen LogP contribution in [-0.4, -0.2) is 56.0 Å². The number of primary amides is 1. The van der Waals surface area contributed by atoms with Gasteiger partial charge in [0.05, 0.1) is 5.56 Å². The number of hydrogen-bond donors (Lipinski definition) is 2. The summed E-state index contributed by atoms with van der Waals surface area (Å²) in [5.41, 5.74) is 2.32. The Morgan fingerprint density at radius 3 is 1.80 bits per heavy atom. The highest BCUT2D eigenvalue weighted by atomic mass is 32.2. The van der Waals surface area contributed by atoms with Gasteiger partial charge in [-0.3, -0.25) is 4.79 Å². The zero-order chi connectivity index (χ0) is 27.8. The predicted octanol–water partition coefficient (Wildman–Crippen LogP) is 2.48. The third kappa shape index (κ3) is 5.62. The summed E-state index contributed by atoms with van der Waals surface area (Å²) in [6.45, 7) is 4.45. The molecule has 0 saturated carbocycles. The molecule has 0 radical (unpaired) electrons. The number of amides is 1. The van der Waals surface area contributed by atoms with E-state index >= 15 is 0 Å². The van der Waals surface area contributed by atoms with Gasteiger partial charge in [-0.05, 0) is 38.5 Å². The van der Waals surface area contributed by atoms with Crippen LogP contribution < -0.4 is 9.92 Å². The van der Waals surface area contributed by atoms with E-state index in [4.69, 9.17) is 15.7 Å². The SMILES string of the molecule is CCC(C)(C)OC(=O)c1cc(OS(=O)(=O)C(F)(F)C(F)(F)C(F)(F)S(=O)(=O)OO)cc(C(N)=O)c1. The summed E-state index contributed by atoms with van der Waals surface area (Å²) in [5, 5.41) is -6.15. The summed E-state index contributed by atoms with van der Waals surface area (Å²) < 4.78 is 139. The van der Waals surface area contributed by atoms with Crippen molar-refractivity contribution in [3.8, 4) is 5.75 Å². The fourth-order valence-electron chi connectivity index (χ4n) is 2.00. The van der Waals surface area contributed by atoms with Crippen molar-refractivity contribution in [2.24, 2.45) is 5.73 Å². The lowest BCUT2D eigenvalue weighted by Crippen LogP contribution is -2.61. The van der Waals surface area contributed by atoms with Crippen LogP contribution in [0.15, 0.2) is 18.2 Å². The molecule has 0 heterocycles. The van der Waals surface area contributed by atoms with Gasteiger partial charge < -0.3 is 14.7 Å². The van der Waals surface area contributed by atoms with Crippen molar-refractivity contribution in [2.45, 2.75) is 49.2 Å². The van der Waals surface area contributed by atoms with Crippen LogP contribution in [-0.2, 0) is 29.3 Å². The standard InChI is InChI=1S/C16H17F6NO10S2/c1-4-13(2,3)31-12(25)9-5-8(11(23)24)6-10(7-9)32-34(27,28)15(19,20)14(17,18)16(21,22)35(29,30)33-26/h5-7,26H,4H2,1-3H3,(H2,23,24). The van der Waals surface area contributed by atoms with Gasteiger partial charge in [0.25, 0.3) is 0 Å². The first kappa shape index (κ1) is 30.4. The quantitative estimate of drug-likeness (QED) is 0.134. The molecule has 3 N–H and O–H groups in total. The molecule has 0 aliphatic heterocycles. The highest BCUT2D eigenvalue weighted by Crippen LogP contribution is 2.51. The van der Waals surface area contributed by atoms with E-state index in [0.717, 1.165) is 0 Å². The van der Waals surface area contributed by atoms with E-state index in [2.05, 4.69) is 8.52 Å². The molecule has 1 aromatic carbocycles. The third-order valence-corrected chi connectivity index (χ3v) is 6.69. The Morgan fingerprint density at radius 1 is 0.914 bits per heavy atom. The van der Waals surface area contributed by atoms with Crippen molar-refractivity contribution in [2.75, 3.05) is 0 Å². The van der Waals surface area contributed by atoms with Crippen LogP contribution in [0, 0.1) is 0 Å². The van der Waals surface area contributed by atoms with Gasteiger partial charge in [-0.1, -0.05) is 6.92 Å². The first-order chi connectivity index (χ1) is 15.5. The second kappa shape index (κ2) is 9.43. The van der Waals surface area contributed by atoms with E-state index in [0.29, 0.717) is 12.1 Å². The van der Waals surface area contributed by atoms with Gasteiger partial charge >= 0.3 is 42.6 Å². The van der Waals surface area contributed by atoms with Gasteiger partial charge in [-0.2, -0.15) is 43.2 Å². The maximum absolute atomic E-state index is 14.1. The molecule has 0 aliphatic carbocycles. The van der Waals surface area contributed by atoms with Crippen molar-refractivity contribution in [3.63, 3.8) is 0 Å². The molecule has 11 nitrogen and oxygen atoms in total. The van der Waals surface area contributed by atoms with E-state index in [1.165, 1.54) is 13.8 Å². The molecule has 19 heteroatoms. The third-order valence-electron chi connectivity index (χ3n) is 4.31. The average Bonchev–Trinajstić information content (AvgIpc) is 2.72. The molecular weight excluding hydrogens is 544 g/mol. The predicted molar refractivity (Wildman–Crippen MR) is 102 cm³/mol. The molecule has 200 valence electrons. The van der Waals surface area contributed by atoms with Crippen LogP contribution in [0.25, 0.3) is 0 Å². The lowest BCUT2D eigenvalue weighted by molar-refractivity contribution is -0.255. The average molecular weight is 561 g/mol. The molecular formula is C16H17F6NO10S2. The molecule has 0 aromatic heterocycles. The number of alkyl halides is 6. The minimum Gasteiger partial charge on any atom is -0.456 e. The molecule has 0 atom stereocenters. The van der Waals surface area contributed by atoms with E-state index in [1.54, 1.807) is 6.92 Å². The molecule has 1 rings (SSSR count). The Bertz CT molecular complexity index is 1220. The van der Waals surface area contributed by atoms with Crippen LogP contribution in [0.3, 0.4) is 0 Å². The van der Waals surface area contributed by atoms with E-state index < -0.39 is 71.0 Å². The van der Waals surface area contributed by atoms with Gasteiger partial charge in [-0.25, -0.2) is 10.1 Å². The molecule has 1 amide bonds. The number of esters is 1. The lowest BCUT2D eigenvalue weighted by atomic mass is 10.1. The summed E-state index contributed by atoms with van der Waals surface area (Å²) >= 11 is 0. The second-order valence-corrected chi connectivity index (χ2v) is 10.4. The topological polar surface area (TPSA) is 176 Å². The molecule has 0 aliphatic rings. The van der Waals surface area contributed by atoms with Gasteiger partial charge in [-0.15, -0.1) is 4.33 Å². The molecule has 0 fully saturated rings. The van der Waals surface area contributed by atoms with Crippen LogP contribution in [0.2, 0.25) is 0 Å². The van der Waals surface area contributed by atoms with Crippen molar-refractivity contribution in [1.82, 2.24) is 0 Å². The number of hydrogen-bond acceptors (Lipinski definition) is 10. The molecule has 35 heavy (non-hydrogen) atoms. The second-order valence-electron chi connectivity index (χ2n) is 7.29. The first-order valence-electron chi connectivity index (χ1n) is 8.83. The van der Waals surface area contributed by atoms with E-state index in [1.807, 2.05) is 0 Å². The van der Waals surface area contributed by atoms with Crippen molar-refractivity contribution < 1.29 is 71.3 Å².